The summed E-state index contributed by atoms with van der Waals surface area (Å²) in [7, 11) is 1.54. The number of hydrogen-bond acceptors (Lipinski definition) is 5. The Morgan fingerprint density at radius 3 is 2.32 bits per heavy atom. The predicted octanol–water partition coefficient (Wildman–Crippen LogP) is 5.78. The zero-order valence-corrected chi connectivity index (χ0v) is 21.0. The Bertz CT molecular complexity index is 1280. The summed E-state index contributed by atoms with van der Waals surface area (Å²) in [6.45, 7) is 6.32. The van der Waals surface area contributed by atoms with Crippen molar-refractivity contribution in [2.75, 3.05) is 12.0 Å². The number of aromatic nitrogens is 1. The number of hydrogen-bond donors (Lipinski definition) is 1. The van der Waals surface area contributed by atoms with Crippen LogP contribution in [0.2, 0.25) is 0 Å². The molecule has 1 amide bonds. The molecule has 0 bridgehead atoms. The summed E-state index contributed by atoms with van der Waals surface area (Å²) >= 11 is 3.41. The molecule has 1 unspecified atom stereocenters. The molecular formula is C27H25BrN2O4. The summed E-state index contributed by atoms with van der Waals surface area (Å²) in [5, 5.41) is 11.2. The van der Waals surface area contributed by atoms with Crippen LogP contribution in [0.25, 0.3) is 5.76 Å². The highest BCUT2D eigenvalue weighted by Gasteiger charge is 2.47. The minimum atomic E-state index is -0.873. The third-order valence-electron chi connectivity index (χ3n) is 5.85. The van der Waals surface area contributed by atoms with Crippen LogP contribution in [0.1, 0.15) is 43.6 Å². The fourth-order valence-corrected chi connectivity index (χ4v) is 4.55. The van der Waals surface area contributed by atoms with Crippen LogP contribution < -0.4 is 9.64 Å². The number of pyridine rings is 1. The van der Waals surface area contributed by atoms with E-state index >= 15 is 0 Å². The monoisotopic (exact) mass is 520 g/mol. The van der Waals surface area contributed by atoms with Crippen LogP contribution >= 0.6 is 15.9 Å². The van der Waals surface area contributed by atoms with E-state index in [0.717, 1.165) is 5.56 Å². The zero-order valence-electron chi connectivity index (χ0n) is 19.4. The molecule has 2 heterocycles. The number of ether oxygens (including phenoxy) is 1. The Morgan fingerprint density at radius 2 is 1.76 bits per heavy atom. The van der Waals surface area contributed by atoms with Crippen molar-refractivity contribution in [2.24, 2.45) is 0 Å². The van der Waals surface area contributed by atoms with Gasteiger partial charge >= 0.3 is 0 Å². The van der Waals surface area contributed by atoms with Gasteiger partial charge in [-0.15, -0.1) is 0 Å². The minimum absolute atomic E-state index is 0.0133. The molecule has 0 saturated carbocycles. The van der Waals surface area contributed by atoms with Gasteiger partial charge in [0.25, 0.3) is 11.7 Å². The molecular weight excluding hydrogens is 496 g/mol. The lowest BCUT2D eigenvalue weighted by molar-refractivity contribution is -0.132. The normalized spacial score (nSPS) is 17.8. The molecule has 1 aromatic heterocycles. The topological polar surface area (TPSA) is 79.7 Å². The van der Waals surface area contributed by atoms with Crippen molar-refractivity contribution >= 4 is 39.1 Å². The lowest BCUT2D eigenvalue weighted by atomic mass is 9.87. The molecule has 3 aromatic rings. The quantitative estimate of drug-likeness (QED) is 0.268. The predicted molar refractivity (Wildman–Crippen MR) is 135 cm³/mol. The van der Waals surface area contributed by atoms with Crippen molar-refractivity contribution in [2.45, 2.75) is 32.2 Å². The van der Waals surface area contributed by atoms with Crippen LogP contribution in [0.3, 0.4) is 0 Å². The van der Waals surface area contributed by atoms with Gasteiger partial charge in [-0.05, 0) is 69.4 Å². The van der Waals surface area contributed by atoms with Crippen LogP contribution in [-0.4, -0.2) is 28.9 Å². The summed E-state index contributed by atoms with van der Waals surface area (Å²) in [4.78, 5) is 32.3. The highest BCUT2D eigenvalue weighted by atomic mass is 79.9. The number of Topliss-reactive ketones (excluding diaryl/α,β-unsaturated/α-hetero) is 1. The SMILES string of the molecule is COc1ccc(/C(O)=C2/C(=O)C(=O)N(c3ccc(C(C)(C)C)cc3)C2c2ccccn2)cc1Br. The first-order valence-electron chi connectivity index (χ1n) is 10.8. The summed E-state index contributed by atoms with van der Waals surface area (Å²) in [6.07, 6.45) is 1.60. The van der Waals surface area contributed by atoms with Gasteiger partial charge in [0.15, 0.2) is 0 Å². The number of benzene rings is 2. The maximum absolute atomic E-state index is 13.3. The fraction of sp³-hybridized carbons (Fsp3) is 0.222. The second-order valence-electron chi connectivity index (χ2n) is 9.07. The number of anilines is 1. The van der Waals surface area contributed by atoms with Crippen molar-refractivity contribution in [3.63, 3.8) is 0 Å². The summed E-state index contributed by atoms with van der Waals surface area (Å²) in [5.41, 5.74) is 2.45. The molecule has 1 N–H and O–H groups in total. The van der Waals surface area contributed by atoms with Gasteiger partial charge in [0.2, 0.25) is 0 Å². The molecule has 1 fully saturated rings. The van der Waals surface area contributed by atoms with Crippen molar-refractivity contribution in [3.05, 3.63) is 93.7 Å². The van der Waals surface area contributed by atoms with E-state index in [1.807, 2.05) is 24.3 Å². The van der Waals surface area contributed by atoms with Crippen molar-refractivity contribution in [3.8, 4) is 5.75 Å². The number of amides is 1. The lowest BCUT2D eigenvalue weighted by Gasteiger charge is -2.26. The van der Waals surface area contributed by atoms with Gasteiger partial charge in [-0.2, -0.15) is 0 Å². The van der Waals surface area contributed by atoms with Gasteiger partial charge in [-0.1, -0.05) is 39.0 Å². The molecule has 4 rings (SSSR count). The fourth-order valence-electron chi connectivity index (χ4n) is 4.01. The van der Waals surface area contributed by atoms with E-state index in [-0.39, 0.29) is 16.7 Å². The van der Waals surface area contributed by atoms with Crippen molar-refractivity contribution in [1.29, 1.82) is 0 Å². The Kier molecular flexibility index (Phi) is 6.32. The van der Waals surface area contributed by atoms with E-state index in [4.69, 9.17) is 4.74 Å². The van der Waals surface area contributed by atoms with Crippen LogP contribution in [0.5, 0.6) is 5.75 Å². The second-order valence-corrected chi connectivity index (χ2v) is 9.92. The highest BCUT2D eigenvalue weighted by Crippen LogP contribution is 2.42. The number of methoxy groups -OCH3 is 1. The number of ketones is 1. The Labute approximate surface area is 207 Å². The largest absolute Gasteiger partial charge is 0.507 e. The molecule has 1 aliphatic heterocycles. The Balaban J connectivity index is 1.89. The minimum Gasteiger partial charge on any atom is -0.507 e. The standard InChI is InChI=1S/C27H25BrN2O4/c1-27(2,3)17-9-11-18(12-10-17)30-23(20-7-5-6-14-29-20)22(25(32)26(30)33)24(31)16-8-13-21(34-4)19(28)15-16/h5-15,23,31H,1-4H3/b24-22-. The molecule has 7 heteroatoms. The summed E-state index contributed by atoms with van der Waals surface area (Å²) < 4.78 is 5.87. The molecule has 1 atom stereocenters. The van der Waals surface area contributed by atoms with Gasteiger partial charge < -0.3 is 9.84 Å². The number of aliphatic hydroxyl groups excluding tert-OH is 1. The third kappa shape index (κ3) is 4.23. The van der Waals surface area contributed by atoms with E-state index in [0.29, 0.717) is 27.2 Å². The van der Waals surface area contributed by atoms with Crippen LogP contribution in [0.15, 0.2) is 76.9 Å². The molecule has 0 spiro atoms. The maximum Gasteiger partial charge on any atom is 0.300 e. The van der Waals surface area contributed by atoms with Gasteiger partial charge in [0.1, 0.15) is 17.6 Å². The average Bonchev–Trinajstić information content (AvgIpc) is 3.09. The van der Waals surface area contributed by atoms with Crippen LogP contribution in [-0.2, 0) is 15.0 Å². The molecule has 0 radical (unpaired) electrons. The average molecular weight is 521 g/mol. The molecule has 34 heavy (non-hydrogen) atoms. The molecule has 0 aliphatic carbocycles. The number of halogens is 1. The van der Waals surface area contributed by atoms with Gasteiger partial charge in [0.05, 0.1) is 22.8 Å². The van der Waals surface area contributed by atoms with Crippen molar-refractivity contribution in [1.82, 2.24) is 4.98 Å². The van der Waals surface area contributed by atoms with Gasteiger partial charge in [-0.25, -0.2) is 0 Å². The van der Waals surface area contributed by atoms with E-state index in [1.165, 1.54) is 12.0 Å². The zero-order chi connectivity index (χ0) is 24.6. The van der Waals surface area contributed by atoms with Crippen LogP contribution in [0.4, 0.5) is 5.69 Å². The molecule has 1 saturated heterocycles. The second kappa shape index (κ2) is 9.06. The number of aliphatic hydroxyl groups is 1. The summed E-state index contributed by atoms with van der Waals surface area (Å²) in [5.74, 6) is -1.17. The Hall–Kier alpha value is -3.45. The first-order valence-corrected chi connectivity index (χ1v) is 11.6. The first kappa shape index (κ1) is 23.7. The Morgan fingerprint density at radius 1 is 1.06 bits per heavy atom. The number of rotatable bonds is 4. The summed E-state index contributed by atoms with van der Waals surface area (Å²) in [6, 6.07) is 16.9. The molecule has 174 valence electrons. The maximum atomic E-state index is 13.3. The molecule has 6 nitrogen and oxygen atoms in total. The van der Waals surface area contributed by atoms with Crippen LogP contribution in [0, 0.1) is 0 Å². The van der Waals surface area contributed by atoms with E-state index in [9.17, 15) is 14.7 Å². The van der Waals surface area contributed by atoms with E-state index < -0.39 is 17.7 Å². The number of carbonyl (C=O) groups is 2. The van der Waals surface area contributed by atoms with Gasteiger partial charge in [-0.3, -0.25) is 19.5 Å². The smallest absolute Gasteiger partial charge is 0.300 e. The lowest BCUT2D eigenvalue weighted by Crippen LogP contribution is -2.30. The number of nitrogens with zero attached hydrogens (tertiary/aromatic N) is 2. The van der Waals surface area contributed by atoms with Crippen molar-refractivity contribution < 1.29 is 19.4 Å². The first-order chi connectivity index (χ1) is 16.1. The highest BCUT2D eigenvalue weighted by molar-refractivity contribution is 9.10. The molecule has 1 aliphatic rings. The number of carbonyl (C=O) groups excluding carboxylic acids is 2. The van der Waals surface area contributed by atoms with Gasteiger partial charge in [0, 0.05) is 17.4 Å². The van der Waals surface area contributed by atoms with E-state index in [2.05, 4.69) is 41.7 Å². The molecule has 2 aromatic carbocycles. The third-order valence-corrected chi connectivity index (χ3v) is 6.47. The van der Waals surface area contributed by atoms with E-state index in [1.54, 1.807) is 42.6 Å².